The molecule has 0 aliphatic carbocycles. The van der Waals surface area contributed by atoms with E-state index in [1.54, 1.807) is 19.5 Å². The molecule has 0 N–H and O–H groups in total. The van der Waals surface area contributed by atoms with E-state index >= 15 is 0 Å². The number of aromatic nitrogens is 2. The standard InChI is InChI=1S/C17H20N2O2/c1-17(2,3)15(16(20)19-9-8-18-12-19)11-13-6-5-7-14(10-13)21-4/h5-12H,1-4H3/b15-11+. The van der Waals surface area contributed by atoms with E-state index in [0.717, 1.165) is 11.3 Å². The molecule has 1 heterocycles. The van der Waals surface area contributed by atoms with Crippen LogP contribution in [-0.2, 0) is 0 Å². The molecule has 0 fully saturated rings. The Morgan fingerprint density at radius 3 is 2.67 bits per heavy atom. The molecule has 1 aromatic heterocycles. The van der Waals surface area contributed by atoms with Crippen LogP contribution in [0.3, 0.4) is 0 Å². The molecule has 0 saturated heterocycles. The first kappa shape index (κ1) is 15.0. The fourth-order valence-electron chi connectivity index (χ4n) is 2.02. The van der Waals surface area contributed by atoms with Gasteiger partial charge in [-0.15, -0.1) is 0 Å². The molecule has 0 aliphatic heterocycles. The number of allylic oxidation sites excluding steroid dienone is 1. The first-order chi connectivity index (χ1) is 9.91. The smallest absolute Gasteiger partial charge is 0.259 e. The summed E-state index contributed by atoms with van der Waals surface area (Å²) in [5.41, 5.74) is 1.38. The van der Waals surface area contributed by atoms with E-state index in [9.17, 15) is 4.79 Å². The molecule has 4 heteroatoms. The van der Waals surface area contributed by atoms with Gasteiger partial charge >= 0.3 is 0 Å². The minimum Gasteiger partial charge on any atom is -0.497 e. The van der Waals surface area contributed by atoms with Crippen molar-refractivity contribution < 1.29 is 9.53 Å². The molecule has 4 nitrogen and oxygen atoms in total. The van der Waals surface area contributed by atoms with Crippen LogP contribution in [0.25, 0.3) is 6.08 Å². The maximum Gasteiger partial charge on any atom is 0.259 e. The van der Waals surface area contributed by atoms with Gasteiger partial charge in [-0.1, -0.05) is 32.9 Å². The molecule has 0 saturated carbocycles. The quantitative estimate of drug-likeness (QED) is 0.808. The van der Waals surface area contributed by atoms with E-state index in [0.29, 0.717) is 5.57 Å². The number of nitrogens with zero attached hydrogens (tertiary/aromatic N) is 2. The van der Waals surface area contributed by atoms with E-state index < -0.39 is 0 Å². The van der Waals surface area contributed by atoms with Gasteiger partial charge in [-0.05, 0) is 29.2 Å². The molecule has 0 spiro atoms. The molecular weight excluding hydrogens is 264 g/mol. The summed E-state index contributed by atoms with van der Waals surface area (Å²) in [4.78, 5) is 16.6. The third kappa shape index (κ3) is 3.60. The lowest BCUT2D eigenvalue weighted by Gasteiger charge is -2.22. The fraction of sp³-hybridized carbons (Fsp3) is 0.294. The van der Waals surface area contributed by atoms with Gasteiger partial charge in [0.1, 0.15) is 12.1 Å². The van der Waals surface area contributed by atoms with E-state index in [-0.39, 0.29) is 11.3 Å². The van der Waals surface area contributed by atoms with Crippen molar-refractivity contribution in [1.29, 1.82) is 0 Å². The Morgan fingerprint density at radius 1 is 1.33 bits per heavy atom. The number of imidazole rings is 1. The first-order valence-corrected chi connectivity index (χ1v) is 6.80. The van der Waals surface area contributed by atoms with Crippen LogP contribution in [0.1, 0.15) is 31.1 Å². The molecule has 2 rings (SSSR count). The lowest BCUT2D eigenvalue weighted by molar-refractivity contribution is 0.0935. The zero-order valence-corrected chi connectivity index (χ0v) is 12.8. The molecule has 0 radical (unpaired) electrons. The molecular formula is C17H20N2O2. The molecule has 0 unspecified atom stereocenters. The third-order valence-electron chi connectivity index (χ3n) is 3.18. The summed E-state index contributed by atoms with van der Waals surface area (Å²) in [5.74, 6) is 0.704. The predicted molar refractivity (Wildman–Crippen MR) is 83.3 cm³/mol. The average Bonchev–Trinajstić information content (AvgIpc) is 2.97. The summed E-state index contributed by atoms with van der Waals surface area (Å²) >= 11 is 0. The summed E-state index contributed by atoms with van der Waals surface area (Å²) in [6.45, 7) is 6.06. The zero-order chi connectivity index (χ0) is 15.5. The molecule has 0 bridgehead atoms. The van der Waals surface area contributed by atoms with Crippen molar-refractivity contribution in [3.05, 3.63) is 54.1 Å². The van der Waals surface area contributed by atoms with Crippen molar-refractivity contribution in [2.24, 2.45) is 5.41 Å². The van der Waals surface area contributed by atoms with Crippen LogP contribution in [0, 0.1) is 5.41 Å². The molecule has 0 atom stereocenters. The second kappa shape index (κ2) is 5.95. The monoisotopic (exact) mass is 284 g/mol. The van der Waals surface area contributed by atoms with Crippen molar-refractivity contribution in [3.63, 3.8) is 0 Å². The number of carbonyl (C=O) groups is 1. The Morgan fingerprint density at radius 2 is 2.10 bits per heavy atom. The first-order valence-electron chi connectivity index (χ1n) is 6.80. The molecule has 2 aromatic rings. The van der Waals surface area contributed by atoms with Crippen molar-refractivity contribution in [1.82, 2.24) is 9.55 Å². The van der Waals surface area contributed by atoms with Gasteiger partial charge in [0, 0.05) is 18.0 Å². The summed E-state index contributed by atoms with van der Waals surface area (Å²) in [6.07, 6.45) is 6.69. The van der Waals surface area contributed by atoms with Crippen molar-refractivity contribution in [2.75, 3.05) is 7.11 Å². The molecule has 0 amide bonds. The number of rotatable bonds is 3. The second-order valence-electron chi connectivity index (χ2n) is 5.86. The van der Waals surface area contributed by atoms with Crippen molar-refractivity contribution >= 4 is 12.0 Å². The van der Waals surface area contributed by atoms with E-state index in [4.69, 9.17) is 4.74 Å². The summed E-state index contributed by atoms with van der Waals surface area (Å²) in [7, 11) is 1.63. The highest BCUT2D eigenvalue weighted by Crippen LogP contribution is 2.29. The van der Waals surface area contributed by atoms with Gasteiger partial charge in [-0.2, -0.15) is 0 Å². The number of ether oxygens (including phenoxy) is 1. The van der Waals surface area contributed by atoms with E-state index in [1.807, 2.05) is 51.1 Å². The Hall–Kier alpha value is -2.36. The topological polar surface area (TPSA) is 44.1 Å². The highest BCUT2D eigenvalue weighted by molar-refractivity contribution is 6.00. The van der Waals surface area contributed by atoms with Gasteiger partial charge < -0.3 is 4.74 Å². The molecule has 21 heavy (non-hydrogen) atoms. The van der Waals surface area contributed by atoms with Crippen LogP contribution >= 0.6 is 0 Å². The maximum atomic E-state index is 12.6. The number of hydrogen-bond acceptors (Lipinski definition) is 3. The number of methoxy groups -OCH3 is 1. The average molecular weight is 284 g/mol. The highest BCUT2D eigenvalue weighted by atomic mass is 16.5. The highest BCUT2D eigenvalue weighted by Gasteiger charge is 2.24. The largest absolute Gasteiger partial charge is 0.497 e. The minimum atomic E-state index is -0.273. The van der Waals surface area contributed by atoms with Crippen LogP contribution in [0.4, 0.5) is 0 Å². The number of benzene rings is 1. The van der Waals surface area contributed by atoms with Gasteiger partial charge in [0.05, 0.1) is 7.11 Å². The van der Waals surface area contributed by atoms with Crippen LogP contribution in [-0.4, -0.2) is 22.6 Å². The summed E-state index contributed by atoms with van der Waals surface area (Å²) in [5, 5.41) is 0. The minimum absolute atomic E-state index is 0.0668. The van der Waals surface area contributed by atoms with Gasteiger partial charge in [0.15, 0.2) is 0 Å². The van der Waals surface area contributed by atoms with Gasteiger partial charge in [0.2, 0.25) is 0 Å². The lowest BCUT2D eigenvalue weighted by Crippen LogP contribution is -2.22. The van der Waals surface area contributed by atoms with Crippen LogP contribution in [0.2, 0.25) is 0 Å². The lowest BCUT2D eigenvalue weighted by atomic mass is 9.84. The summed E-state index contributed by atoms with van der Waals surface area (Å²) in [6, 6.07) is 7.65. The second-order valence-corrected chi connectivity index (χ2v) is 5.86. The SMILES string of the molecule is COc1cccc(/C=C(\C(=O)n2ccnc2)C(C)(C)C)c1. The number of carbonyl (C=O) groups excluding carboxylic acids is 1. The van der Waals surface area contributed by atoms with Crippen LogP contribution < -0.4 is 4.74 Å². The van der Waals surface area contributed by atoms with E-state index in [2.05, 4.69) is 4.98 Å². The maximum absolute atomic E-state index is 12.6. The van der Waals surface area contributed by atoms with Gasteiger partial charge in [0.25, 0.3) is 5.91 Å². The Balaban J connectivity index is 2.45. The zero-order valence-electron chi connectivity index (χ0n) is 12.8. The van der Waals surface area contributed by atoms with Crippen molar-refractivity contribution in [2.45, 2.75) is 20.8 Å². The fourth-order valence-corrected chi connectivity index (χ4v) is 2.02. The molecule has 1 aromatic carbocycles. The number of hydrogen-bond donors (Lipinski definition) is 0. The van der Waals surface area contributed by atoms with Crippen molar-refractivity contribution in [3.8, 4) is 5.75 Å². The Bertz CT molecular complexity index is 650. The van der Waals surface area contributed by atoms with Gasteiger partial charge in [-0.3, -0.25) is 9.36 Å². The Kier molecular flexibility index (Phi) is 4.26. The van der Waals surface area contributed by atoms with Crippen LogP contribution in [0.5, 0.6) is 5.75 Å². The normalized spacial score (nSPS) is 12.3. The summed E-state index contributed by atoms with van der Waals surface area (Å²) < 4.78 is 6.72. The van der Waals surface area contributed by atoms with E-state index in [1.165, 1.54) is 10.9 Å². The molecule has 0 aliphatic rings. The molecule has 110 valence electrons. The predicted octanol–water partition coefficient (Wildman–Crippen LogP) is 3.66. The van der Waals surface area contributed by atoms with Crippen LogP contribution in [0.15, 0.2) is 48.6 Å². The third-order valence-corrected chi connectivity index (χ3v) is 3.18. The van der Waals surface area contributed by atoms with Gasteiger partial charge in [-0.25, -0.2) is 4.98 Å². The Labute approximate surface area is 125 Å².